The van der Waals surface area contributed by atoms with Gasteiger partial charge in [-0.05, 0) is 35.7 Å². The van der Waals surface area contributed by atoms with Crippen LogP contribution in [-0.2, 0) is 11.2 Å². The van der Waals surface area contributed by atoms with Crippen LogP contribution in [0.3, 0.4) is 0 Å². The molecule has 30 heavy (non-hydrogen) atoms. The zero-order chi connectivity index (χ0) is 21.3. The first-order valence-electron chi connectivity index (χ1n) is 9.97. The Morgan fingerprint density at radius 3 is 2.20 bits per heavy atom. The maximum absolute atomic E-state index is 12.5. The third-order valence-corrected chi connectivity index (χ3v) is 4.79. The third-order valence-electron chi connectivity index (χ3n) is 4.79. The molecule has 0 radical (unpaired) electrons. The lowest BCUT2D eigenvalue weighted by molar-refractivity contribution is -0.115. The summed E-state index contributed by atoms with van der Waals surface area (Å²) in [6, 6.07) is 27.3. The van der Waals surface area contributed by atoms with E-state index < -0.39 is 0 Å². The predicted molar refractivity (Wildman–Crippen MR) is 120 cm³/mol. The van der Waals surface area contributed by atoms with Crippen LogP contribution in [0.1, 0.15) is 27.5 Å². The zero-order valence-electron chi connectivity index (χ0n) is 17.3. The van der Waals surface area contributed by atoms with Gasteiger partial charge in [0.15, 0.2) is 0 Å². The third kappa shape index (κ3) is 6.03. The molecule has 3 rings (SSSR count). The Morgan fingerprint density at radius 1 is 0.867 bits per heavy atom. The molecule has 0 aliphatic carbocycles. The maximum atomic E-state index is 12.5. The molecule has 0 aliphatic rings. The highest BCUT2D eigenvalue weighted by Gasteiger charge is 2.14. The normalized spacial score (nSPS) is 11.5. The minimum absolute atomic E-state index is 0.0148. The Morgan fingerprint density at radius 2 is 1.53 bits per heavy atom. The molecule has 5 nitrogen and oxygen atoms in total. The summed E-state index contributed by atoms with van der Waals surface area (Å²) in [6.45, 7) is 0.165. The van der Waals surface area contributed by atoms with Crippen molar-refractivity contribution >= 4 is 17.5 Å². The Balaban J connectivity index is 1.64. The number of rotatable bonds is 8. The first-order valence-corrected chi connectivity index (χ1v) is 9.97. The van der Waals surface area contributed by atoms with E-state index in [1.165, 1.54) is 10.5 Å². The van der Waals surface area contributed by atoms with Crippen LogP contribution < -0.4 is 10.6 Å². The van der Waals surface area contributed by atoms with Gasteiger partial charge in [0.1, 0.15) is 0 Å². The molecule has 0 spiro atoms. The summed E-state index contributed by atoms with van der Waals surface area (Å²) in [5, 5.41) is 6.25. The van der Waals surface area contributed by atoms with E-state index >= 15 is 0 Å². The summed E-state index contributed by atoms with van der Waals surface area (Å²) < 4.78 is 0. The van der Waals surface area contributed by atoms with E-state index in [1.807, 2.05) is 36.4 Å². The van der Waals surface area contributed by atoms with Crippen molar-refractivity contribution in [3.63, 3.8) is 0 Å². The number of anilines is 1. The number of nitrogens with zero attached hydrogens (tertiary/aromatic N) is 1. The molecule has 3 aromatic rings. The van der Waals surface area contributed by atoms with Crippen LogP contribution in [0.15, 0.2) is 84.9 Å². The van der Waals surface area contributed by atoms with Crippen LogP contribution >= 0.6 is 0 Å². The van der Waals surface area contributed by atoms with Gasteiger partial charge in [-0.25, -0.2) is 0 Å². The van der Waals surface area contributed by atoms with Crippen LogP contribution in [0.4, 0.5) is 5.69 Å². The summed E-state index contributed by atoms with van der Waals surface area (Å²) >= 11 is 0. The van der Waals surface area contributed by atoms with Gasteiger partial charge in [0.25, 0.3) is 5.91 Å². The van der Waals surface area contributed by atoms with E-state index in [4.69, 9.17) is 0 Å². The number of hydrogen-bond acceptors (Lipinski definition) is 3. The Hall–Kier alpha value is -3.44. The maximum Gasteiger partial charge on any atom is 0.253 e. The molecule has 1 unspecified atom stereocenters. The van der Waals surface area contributed by atoms with Crippen molar-refractivity contribution in [2.24, 2.45) is 0 Å². The van der Waals surface area contributed by atoms with Gasteiger partial charge in [0, 0.05) is 31.4 Å². The number of nitrogens with one attached hydrogen (secondary N) is 2. The van der Waals surface area contributed by atoms with E-state index in [0.29, 0.717) is 11.3 Å². The fourth-order valence-corrected chi connectivity index (χ4v) is 3.25. The molecule has 5 heteroatoms. The van der Waals surface area contributed by atoms with Crippen LogP contribution in [-0.4, -0.2) is 37.4 Å². The molecule has 0 aromatic heterocycles. The van der Waals surface area contributed by atoms with E-state index in [0.717, 1.165) is 12.0 Å². The number of benzene rings is 3. The van der Waals surface area contributed by atoms with Crippen LogP contribution in [0.2, 0.25) is 0 Å². The summed E-state index contributed by atoms with van der Waals surface area (Å²) in [4.78, 5) is 26.2. The Bertz CT molecular complexity index is 972. The summed E-state index contributed by atoms with van der Waals surface area (Å²) in [7, 11) is 3.40. The van der Waals surface area contributed by atoms with Crippen molar-refractivity contribution < 1.29 is 9.59 Å². The minimum Gasteiger partial charge on any atom is -0.345 e. The van der Waals surface area contributed by atoms with E-state index in [2.05, 4.69) is 34.9 Å². The van der Waals surface area contributed by atoms with Gasteiger partial charge in [-0.2, -0.15) is 0 Å². The quantitative estimate of drug-likeness (QED) is 0.602. The second-order valence-corrected chi connectivity index (χ2v) is 7.36. The number of hydrogen-bond donors (Lipinski definition) is 2. The monoisotopic (exact) mass is 401 g/mol. The molecular weight excluding hydrogens is 374 g/mol. The molecule has 1 atom stereocenters. The molecule has 0 saturated heterocycles. The lowest BCUT2D eigenvalue weighted by Crippen LogP contribution is -2.32. The first kappa shape index (κ1) is 21.3. The van der Waals surface area contributed by atoms with Crippen molar-refractivity contribution in [3.05, 3.63) is 102 Å². The van der Waals surface area contributed by atoms with E-state index in [9.17, 15) is 9.59 Å². The molecule has 0 saturated carbocycles. The first-order chi connectivity index (χ1) is 14.5. The smallest absolute Gasteiger partial charge is 0.253 e. The highest BCUT2D eigenvalue weighted by Crippen LogP contribution is 2.18. The molecule has 154 valence electrons. The fraction of sp³-hybridized carbons (Fsp3) is 0.200. The molecule has 0 fully saturated rings. The molecule has 2 amide bonds. The number of carbonyl (C=O) groups is 2. The molecule has 2 N–H and O–H groups in total. The molecular formula is C25H27N3O2. The van der Waals surface area contributed by atoms with E-state index in [1.54, 1.807) is 38.4 Å². The predicted octanol–water partition coefficient (Wildman–Crippen LogP) is 3.90. The summed E-state index contributed by atoms with van der Waals surface area (Å²) in [5.41, 5.74) is 3.48. The fourth-order valence-electron chi connectivity index (χ4n) is 3.25. The average Bonchev–Trinajstić information content (AvgIpc) is 2.77. The van der Waals surface area contributed by atoms with Gasteiger partial charge in [-0.3, -0.25) is 9.59 Å². The highest BCUT2D eigenvalue weighted by molar-refractivity contribution is 5.97. The van der Waals surface area contributed by atoms with Crippen molar-refractivity contribution in [1.82, 2.24) is 10.2 Å². The number of carbonyl (C=O) groups excluding carboxylic acids is 2. The molecule has 0 heterocycles. The Kier molecular flexibility index (Phi) is 7.35. The lowest BCUT2D eigenvalue weighted by atomic mass is 9.99. The van der Waals surface area contributed by atoms with Crippen molar-refractivity contribution in [3.8, 4) is 0 Å². The van der Waals surface area contributed by atoms with Crippen molar-refractivity contribution in [2.75, 3.05) is 26.0 Å². The average molecular weight is 402 g/mol. The highest BCUT2D eigenvalue weighted by atomic mass is 16.2. The van der Waals surface area contributed by atoms with Gasteiger partial charge in [0.2, 0.25) is 5.91 Å². The van der Waals surface area contributed by atoms with Crippen LogP contribution in [0.25, 0.3) is 0 Å². The van der Waals surface area contributed by atoms with Gasteiger partial charge in [-0.15, -0.1) is 0 Å². The van der Waals surface area contributed by atoms with Crippen LogP contribution in [0, 0.1) is 0 Å². The Labute approximate surface area is 177 Å². The topological polar surface area (TPSA) is 61.4 Å². The molecule has 0 bridgehead atoms. The largest absolute Gasteiger partial charge is 0.345 e. The van der Waals surface area contributed by atoms with Gasteiger partial charge < -0.3 is 15.5 Å². The second kappa shape index (κ2) is 10.4. The van der Waals surface area contributed by atoms with Gasteiger partial charge in [-0.1, -0.05) is 66.7 Å². The van der Waals surface area contributed by atoms with Crippen LogP contribution in [0.5, 0.6) is 0 Å². The molecule has 0 aliphatic heterocycles. The standard InChI is InChI=1S/C25H27N3O2/c1-28(2)25(30)21-14-9-15-22(17-21)27-24(29)18-26-23(20-12-7-4-8-13-20)16-19-10-5-3-6-11-19/h3-15,17,23,26H,16,18H2,1-2H3,(H,27,29). The second-order valence-electron chi connectivity index (χ2n) is 7.36. The van der Waals surface area contributed by atoms with Crippen molar-refractivity contribution in [1.29, 1.82) is 0 Å². The van der Waals surface area contributed by atoms with E-state index in [-0.39, 0.29) is 24.4 Å². The molecule has 3 aromatic carbocycles. The zero-order valence-corrected chi connectivity index (χ0v) is 17.3. The van der Waals surface area contributed by atoms with Gasteiger partial charge in [0.05, 0.1) is 6.54 Å². The lowest BCUT2D eigenvalue weighted by Gasteiger charge is -2.19. The van der Waals surface area contributed by atoms with Gasteiger partial charge >= 0.3 is 0 Å². The summed E-state index contributed by atoms with van der Waals surface area (Å²) in [6.07, 6.45) is 0.783. The number of amides is 2. The minimum atomic E-state index is -0.154. The summed E-state index contributed by atoms with van der Waals surface area (Å²) in [5.74, 6) is -0.255. The SMILES string of the molecule is CN(C)C(=O)c1cccc(NC(=O)CNC(Cc2ccccc2)c2ccccc2)c1. The van der Waals surface area contributed by atoms with Crippen molar-refractivity contribution in [2.45, 2.75) is 12.5 Å².